The minimum absolute atomic E-state index is 0.142. The molecule has 8 N–H and O–H groups in total. The zero-order valence-electron chi connectivity index (χ0n) is 17.9. The molecule has 1 aromatic rings. The van der Waals surface area contributed by atoms with E-state index in [0.717, 1.165) is 12.2 Å². The number of carbonyl (C=O) groups is 4. The SMILES string of the molecule is C=CC(=O)N[C@@H](CC1(N)C=CC=CC1)C(=O)O.C=CC(=O)Nc1ccc([C@H](N)C(=O)O)cc1. The lowest BCUT2D eigenvalue weighted by Crippen LogP contribution is -2.49. The molecule has 1 aliphatic carbocycles. The Morgan fingerprint density at radius 2 is 1.64 bits per heavy atom. The Hall–Kier alpha value is -4.02. The number of nitrogens with two attached hydrogens (primary N) is 2. The Balaban J connectivity index is 0.000000331. The third-order valence-electron chi connectivity index (χ3n) is 4.55. The number of carboxylic acids is 2. The average Bonchev–Trinajstić information content (AvgIpc) is 2.79. The minimum atomic E-state index is -1.10. The van der Waals surface area contributed by atoms with Gasteiger partial charge in [-0.1, -0.05) is 49.6 Å². The van der Waals surface area contributed by atoms with Gasteiger partial charge in [-0.2, -0.15) is 0 Å². The molecule has 2 amide bonds. The number of allylic oxidation sites excluding steroid dienone is 2. The second-order valence-corrected chi connectivity index (χ2v) is 7.16. The predicted octanol–water partition coefficient (Wildman–Crippen LogP) is 1.24. The van der Waals surface area contributed by atoms with Crippen LogP contribution in [0.25, 0.3) is 0 Å². The monoisotopic (exact) mass is 456 g/mol. The maximum atomic E-state index is 11.1. The maximum absolute atomic E-state index is 11.1. The van der Waals surface area contributed by atoms with Crippen molar-refractivity contribution in [2.45, 2.75) is 30.5 Å². The summed E-state index contributed by atoms with van der Waals surface area (Å²) in [7, 11) is 0. The molecule has 33 heavy (non-hydrogen) atoms. The topological polar surface area (TPSA) is 185 Å². The Morgan fingerprint density at radius 1 is 1.03 bits per heavy atom. The number of rotatable bonds is 9. The number of amides is 2. The largest absolute Gasteiger partial charge is 0.480 e. The molecule has 0 radical (unpaired) electrons. The van der Waals surface area contributed by atoms with E-state index < -0.39 is 35.5 Å². The van der Waals surface area contributed by atoms with E-state index in [9.17, 15) is 19.2 Å². The Bertz CT molecular complexity index is 954. The highest BCUT2D eigenvalue weighted by molar-refractivity contribution is 5.98. The molecule has 0 saturated carbocycles. The summed E-state index contributed by atoms with van der Waals surface area (Å²) in [5, 5.41) is 22.6. The van der Waals surface area contributed by atoms with Gasteiger partial charge in [-0.15, -0.1) is 0 Å². The second-order valence-electron chi connectivity index (χ2n) is 7.16. The zero-order valence-corrected chi connectivity index (χ0v) is 17.9. The average molecular weight is 456 g/mol. The molecule has 1 aliphatic rings. The molecule has 10 heteroatoms. The number of carboxylic acid groups (broad SMARTS) is 2. The lowest BCUT2D eigenvalue weighted by atomic mass is 9.86. The Morgan fingerprint density at radius 3 is 2.09 bits per heavy atom. The van der Waals surface area contributed by atoms with Gasteiger partial charge in [0.05, 0.1) is 0 Å². The fourth-order valence-corrected chi connectivity index (χ4v) is 2.75. The van der Waals surface area contributed by atoms with Crippen molar-refractivity contribution < 1.29 is 29.4 Å². The van der Waals surface area contributed by atoms with Crippen molar-refractivity contribution in [3.8, 4) is 0 Å². The summed E-state index contributed by atoms with van der Waals surface area (Å²) in [5.41, 5.74) is 11.8. The van der Waals surface area contributed by atoms with Crippen molar-refractivity contribution in [1.29, 1.82) is 0 Å². The smallest absolute Gasteiger partial charge is 0.326 e. The van der Waals surface area contributed by atoms with Crippen molar-refractivity contribution in [2.24, 2.45) is 11.5 Å². The Labute approximate surface area is 191 Å². The summed E-state index contributed by atoms with van der Waals surface area (Å²) < 4.78 is 0. The van der Waals surface area contributed by atoms with E-state index >= 15 is 0 Å². The molecule has 1 aromatic carbocycles. The lowest BCUT2D eigenvalue weighted by Gasteiger charge is -2.29. The molecular formula is C23H28N4O6. The molecule has 0 bridgehead atoms. The molecule has 0 fully saturated rings. The third-order valence-corrected chi connectivity index (χ3v) is 4.55. The molecule has 3 atom stereocenters. The highest BCUT2D eigenvalue weighted by atomic mass is 16.4. The van der Waals surface area contributed by atoms with E-state index in [0.29, 0.717) is 17.7 Å². The first-order chi connectivity index (χ1) is 15.5. The molecule has 2 rings (SSSR count). The van der Waals surface area contributed by atoms with E-state index in [4.69, 9.17) is 21.7 Å². The van der Waals surface area contributed by atoms with Gasteiger partial charge < -0.3 is 32.3 Å². The van der Waals surface area contributed by atoms with Crippen molar-refractivity contribution in [1.82, 2.24) is 5.32 Å². The van der Waals surface area contributed by atoms with Gasteiger partial charge in [0, 0.05) is 17.6 Å². The number of carbonyl (C=O) groups excluding carboxylic acids is 2. The molecule has 176 valence electrons. The van der Waals surface area contributed by atoms with Crippen LogP contribution in [0.1, 0.15) is 24.4 Å². The summed E-state index contributed by atoms with van der Waals surface area (Å²) in [6, 6.07) is 4.21. The standard InChI is InChI=1S/C12H16N2O3.C11H12N2O3/c1-2-10(15)14-9(11(16)17)8-12(13)6-4-3-5-7-12;1-2-9(14)13-8-5-3-7(4-6-8)10(12)11(15)16/h2-6,9H,1,7-8,13H2,(H,14,15)(H,16,17);2-6,10H,1,12H2,(H,13,14)(H,15,16)/t9-,12?;10-/m00/s1. The van der Waals surface area contributed by atoms with Gasteiger partial charge in [-0.25, -0.2) is 4.79 Å². The number of anilines is 1. The number of nitrogens with one attached hydrogen (secondary N) is 2. The zero-order chi connectivity index (χ0) is 25.0. The van der Waals surface area contributed by atoms with Crippen LogP contribution >= 0.6 is 0 Å². The maximum Gasteiger partial charge on any atom is 0.326 e. The minimum Gasteiger partial charge on any atom is -0.480 e. The van der Waals surface area contributed by atoms with E-state index in [2.05, 4.69) is 23.8 Å². The summed E-state index contributed by atoms with van der Waals surface area (Å²) in [6.07, 6.45) is 10.1. The van der Waals surface area contributed by atoms with Crippen LogP contribution in [0.15, 0.2) is 73.9 Å². The first-order valence-corrected chi connectivity index (χ1v) is 9.82. The molecule has 1 unspecified atom stereocenters. The summed E-state index contributed by atoms with van der Waals surface area (Å²) in [4.78, 5) is 43.7. The predicted molar refractivity (Wildman–Crippen MR) is 124 cm³/mol. The van der Waals surface area contributed by atoms with Gasteiger partial charge in [-0.05, 0) is 36.3 Å². The van der Waals surface area contributed by atoms with Gasteiger partial charge in [0.1, 0.15) is 12.1 Å². The number of benzene rings is 1. The van der Waals surface area contributed by atoms with Crippen LogP contribution in [-0.2, 0) is 19.2 Å². The lowest BCUT2D eigenvalue weighted by molar-refractivity contribution is -0.141. The first-order valence-electron chi connectivity index (χ1n) is 9.82. The van der Waals surface area contributed by atoms with E-state index in [1.807, 2.05) is 12.2 Å². The van der Waals surface area contributed by atoms with E-state index in [1.165, 1.54) is 0 Å². The van der Waals surface area contributed by atoms with Gasteiger partial charge in [0.2, 0.25) is 11.8 Å². The van der Waals surface area contributed by atoms with Crippen LogP contribution in [0.3, 0.4) is 0 Å². The summed E-state index contributed by atoms with van der Waals surface area (Å²) in [5.74, 6) is -3.04. The molecule has 0 saturated heterocycles. The van der Waals surface area contributed by atoms with Crippen LogP contribution in [0, 0.1) is 0 Å². The van der Waals surface area contributed by atoms with Crippen LogP contribution in [0.2, 0.25) is 0 Å². The molecule has 0 aliphatic heterocycles. The van der Waals surface area contributed by atoms with Crippen LogP contribution in [0.5, 0.6) is 0 Å². The van der Waals surface area contributed by atoms with Crippen molar-refractivity contribution >= 4 is 29.4 Å². The van der Waals surface area contributed by atoms with Crippen molar-refractivity contribution in [3.05, 3.63) is 79.4 Å². The molecule has 0 heterocycles. The van der Waals surface area contributed by atoms with Gasteiger partial charge in [-0.3, -0.25) is 14.4 Å². The summed E-state index contributed by atoms with van der Waals surface area (Å²) in [6.45, 7) is 6.59. The second kappa shape index (κ2) is 12.7. The van der Waals surface area contributed by atoms with Crippen LogP contribution < -0.4 is 22.1 Å². The van der Waals surface area contributed by atoms with E-state index in [1.54, 1.807) is 36.4 Å². The van der Waals surface area contributed by atoms with Crippen molar-refractivity contribution in [3.63, 3.8) is 0 Å². The fraction of sp³-hybridized carbons (Fsp3) is 0.217. The molecule has 0 spiro atoms. The fourth-order valence-electron chi connectivity index (χ4n) is 2.75. The number of hydrogen-bond acceptors (Lipinski definition) is 6. The number of hydrogen-bond donors (Lipinski definition) is 6. The molecular weight excluding hydrogens is 428 g/mol. The molecule has 10 nitrogen and oxygen atoms in total. The Kier molecular flexibility index (Phi) is 10.4. The number of aliphatic carboxylic acids is 2. The van der Waals surface area contributed by atoms with Crippen molar-refractivity contribution in [2.75, 3.05) is 5.32 Å². The molecule has 0 aromatic heterocycles. The summed E-state index contributed by atoms with van der Waals surface area (Å²) >= 11 is 0. The van der Waals surface area contributed by atoms with E-state index in [-0.39, 0.29) is 12.3 Å². The third kappa shape index (κ3) is 9.33. The highest BCUT2D eigenvalue weighted by Gasteiger charge is 2.30. The highest BCUT2D eigenvalue weighted by Crippen LogP contribution is 2.20. The van der Waals surface area contributed by atoms with Gasteiger partial charge >= 0.3 is 11.9 Å². The van der Waals surface area contributed by atoms with Gasteiger partial charge in [0.15, 0.2) is 0 Å². The normalized spacial score (nSPS) is 18.0. The van der Waals surface area contributed by atoms with Gasteiger partial charge in [0.25, 0.3) is 0 Å². The van der Waals surface area contributed by atoms with Crippen LogP contribution in [-0.4, -0.2) is 45.5 Å². The quantitative estimate of drug-likeness (QED) is 0.300. The van der Waals surface area contributed by atoms with Crippen LogP contribution in [0.4, 0.5) is 5.69 Å². The first kappa shape index (κ1) is 27.0.